The molecule has 5 nitrogen and oxygen atoms in total. The summed E-state index contributed by atoms with van der Waals surface area (Å²) in [7, 11) is -2.82. The molecule has 0 spiro atoms. The average Bonchev–Trinajstić information content (AvgIpc) is 2.38. The van der Waals surface area contributed by atoms with E-state index in [-0.39, 0.29) is 29.4 Å². The molecule has 0 radical (unpaired) electrons. The van der Waals surface area contributed by atoms with Gasteiger partial charge in [-0.15, -0.1) is 0 Å². The number of rotatable bonds is 4. The Morgan fingerprint density at radius 1 is 1.11 bits per heavy atom. The molecular formula is C13H23NO4S. The molecule has 2 aliphatic rings. The third-order valence-corrected chi connectivity index (χ3v) is 6.17. The summed E-state index contributed by atoms with van der Waals surface area (Å²) in [6, 6.07) is 0.236. The quantitative estimate of drug-likeness (QED) is 0.808. The molecule has 1 heterocycles. The Morgan fingerprint density at radius 2 is 1.74 bits per heavy atom. The van der Waals surface area contributed by atoms with Crippen LogP contribution in [0, 0.1) is 11.8 Å². The Balaban J connectivity index is 1.79. The zero-order chi connectivity index (χ0) is 13.9. The molecule has 1 aliphatic heterocycles. The number of carboxylic acid groups (broad SMARTS) is 1. The second-order valence-corrected chi connectivity index (χ2v) is 8.13. The Labute approximate surface area is 114 Å². The van der Waals surface area contributed by atoms with Crippen LogP contribution in [0.5, 0.6) is 0 Å². The first kappa shape index (κ1) is 14.8. The summed E-state index contributed by atoms with van der Waals surface area (Å²) in [6.07, 6.45) is 5.18. The van der Waals surface area contributed by atoms with Gasteiger partial charge in [-0.2, -0.15) is 0 Å². The molecule has 2 rings (SSSR count). The molecule has 0 bridgehead atoms. The SMILES string of the molecule is O=C(O)C1CCCCC1CNC1CCS(=O)(=O)CC1. The van der Waals surface area contributed by atoms with Crippen molar-refractivity contribution in [2.45, 2.75) is 44.6 Å². The van der Waals surface area contributed by atoms with Crippen molar-refractivity contribution in [1.82, 2.24) is 5.32 Å². The van der Waals surface area contributed by atoms with Crippen molar-refractivity contribution in [1.29, 1.82) is 0 Å². The molecule has 6 heteroatoms. The van der Waals surface area contributed by atoms with Gasteiger partial charge in [-0.1, -0.05) is 12.8 Å². The van der Waals surface area contributed by atoms with E-state index in [4.69, 9.17) is 0 Å². The van der Waals surface area contributed by atoms with Gasteiger partial charge in [0.15, 0.2) is 0 Å². The van der Waals surface area contributed by atoms with E-state index in [1.54, 1.807) is 0 Å². The fourth-order valence-electron chi connectivity index (χ4n) is 3.19. The predicted molar refractivity (Wildman–Crippen MR) is 72.8 cm³/mol. The lowest BCUT2D eigenvalue weighted by Gasteiger charge is -2.31. The van der Waals surface area contributed by atoms with Gasteiger partial charge in [-0.25, -0.2) is 8.42 Å². The van der Waals surface area contributed by atoms with Crippen LogP contribution in [0.25, 0.3) is 0 Å². The molecule has 110 valence electrons. The standard InChI is InChI=1S/C13H23NO4S/c15-13(16)12-4-2-1-3-10(12)9-14-11-5-7-19(17,18)8-6-11/h10-12,14H,1-9H2,(H,15,16). The largest absolute Gasteiger partial charge is 0.481 e. The van der Waals surface area contributed by atoms with E-state index in [2.05, 4.69) is 5.32 Å². The Hall–Kier alpha value is -0.620. The van der Waals surface area contributed by atoms with Gasteiger partial charge < -0.3 is 10.4 Å². The van der Waals surface area contributed by atoms with E-state index in [1.165, 1.54) is 0 Å². The van der Waals surface area contributed by atoms with Gasteiger partial charge in [-0.05, 0) is 38.1 Å². The summed E-state index contributed by atoms with van der Waals surface area (Å²) >= 11 is 0. The fraction of sp³-hybridized carbons (Fsp3) is 0.923. The summed E-state index contributed by atoms with van der Waals surface area (Å²) in [6.45, 7) is 0.710. The second-order valence-electron chi connectivity index (χ2n) is 5.82. The lowest BCUT2D eigenvalue weighted by molar-refractivity contribution is -0.144. The van der Waals surface area contributed by atoms with Crippen LogP contribution in [0.4, 0.5) is 0 Å². The number of carbonyl (C=O) groups is 1. The summed E-state index contributed by atoms with van der Waals surface area (Å²) in [5, 5.41) is 12.6. The van der Waals surface area contributed by atoms with Crippen molar-refractivity contribution in [3.63, 3.8) is 0 Å². The maximum atomic E-state index is 11.3. The lowest BCUT2D eigenvalue weighted by Crippen LogP contribution is -2.42. The van der Waals surface area contributed by atoms with Gasteiger partial charge in [-0.3, -0.25) is 4.79 Å². The average molecular weight is 289 g/mol. The normalized spacial score (nSPS) is 32.0. The van der Waals surface area contributed by atoms with E-state index in [0.717, 1.165) is 25.7 Å². The Morgan fingerprint density at radius 3 is 2.37 bits per heavy atom. The molecule has 2 N–H and O–H groups in total. The highest BCUT2D eigenvalue weighted by atomic mass is 32.2. The number of hydrogen-bond acceptors (Lipinski definition) is 4. The van der Waals surface area contributed by atoms with E-state index in [1.807, 2.05) is 0 Å². The fourth-order valence-corrected chi connectivity index (χ4v) is 4.68. The molecule has 1 saturated carbocycles. The third kappa shape index (κ3) is 4.18. The minimum atomic E-state index is -2.82. The molecule has 1 saturated heterocycles. The Kier molecular flexibility index (Phi) is 4.84. The first-order valence-electron chi connectivity index (χ1n) is 7.14. The number of carboxylic acids is 1. The highest BCUT2D eigenvalue weighted by molar-refractivity contribution is 7.91. The number of sulfone groups is 1. The molecule has 2 fully saturated rings. The van der Waals surface area contributed by atoms with Crippen molar-refractivity contribution >= 4 is 15.8 Å². The highest BCUT2D eigenvalue weighted by Crippen LogP contribution is 2.30. The van der Waals surface area contributed by atoms with E-state index < -0.39 is 15.8 Å². The minimum absolute atomic E-state index is 0.199. The number of aliphatic carboxylic acids is 1. The van der Waals surface area contributed by atoms with Gasteiger partial charge in [0, 0.05) is 6.04 Å². The first-order valence-corrected chi connectivity index (χ1v) is 8.97. The summed E-state index contributed by atoms with van der Waals surface area (Å²) < 4.78 is 22.7. The van der Waals surface area contributed by atoms with Crippen LogP contribution in [-0.2, 0) is 14.6 Å². The molecule has 0 aromatic carbocycles. The molecule has 2 unspecified atom stereocenters. The van der Waals surface area contributed by atoms with Crippen LogP contribution >= 0.6 is 0 Å². The molecular weight excluding hydrogens is 266 g/mol. The number of hydrogen-bond donors (Lipinski definition) is 2. The first-order chi connectivity index (χ1) is 8.98. The van der Waals surface area contributed by atoms with Crippen molar-refractivity contribution in [3.05, 3.63) is 0 Å². The Bertz CT molecular complexity index is 406. The summed E-state index contributed by atoms with van der Waals surface area (Å²) in [5.74, 6) is -0.189. The van der Waals surface area contributed by atoms with Crippen LogP contribution in [0.1, 0.15) is 38.5 Å². The van der Waals surface area contributed by atoms with E-state index in [9.17, 15) is 18.3 Å². The van der Waals surface area contributed by atoms with Crippen molar-refractivity contribution in [2.24, 2.45) is 11.8 Å². The molecule has 2 atom stereocenters. The topological polar surface area (TPSA) is 83.5 Å². The van der Waals surface area contributed by atoms with Gasteiger partial charge in [0.1, 0.15) is 9.84 Å². The van der Waals surface area contributed by atoms with Crippen LogP contribution in [0.2, 0.25) is 0 Å². The zero-order valence-electron chi connectivity index (χ0n) is 11.2. The molecule has 1 aliphatic carbocycles. The van der Waals surface area contributed by atoms with Crippen LogP contribution in [0.3, 0.4) is 0 Å². The molecule has 0 aromatic rings. The maximum Gasteiger partial charge on any atom is 0.306 e. The van der Waals surface area contributed by atoms with Crippen molar-refractivity contribution < 1.29 is 18.3 Å². The zero-order valence-corrected chi connectivity index (χ0v) is 12.0. The predicted octanol–water partition coefficient (Wildman–Crippen LogP) is 1.04. The van der Waals surface area contributed by atoms with E-state index in [0.29, 0.717) is 19.4 Å². The van der Waals surface area contributed by atoms with Crippen LogP contribution < -0.4 is 5.32 Å². The maximum absolute atomic E-state index is 11.3. The van der Waals surface area contributed by atoms with Gasteiger partial charge in [0.05, 0.1) is 17.4 Å². The second kappa shape index (κ2) is 6.22. The third-order valence-electron chi connectivity index (χ3n) is 4.45. The number of nitrogens with one attached hydrogen (secondary N) is 1. The minimum Gasteiger partial charge on any atom is -0.481 e. The van der Waals surface area contributed by atoms with Gasteiger partial charge in [0.2, 0.25) is 0 Å². The summed E-state index contributed by atoms with van der Waals surface area (Å²) in [5.41, 5.74) is 0. The highest BCUT2D eigenvalue weighted by Gasteiger charge is 2.31. The monoisotopic (exact) mass is 289 g/mol. The smallest absolute Gasteiger partial charge is 0.306 e. The van der Waals surface area contributed by atoms with Crippen LogP contribution in [-0.4, -0.2) is 43.6 Å². The van der Waals surface area contributed by atoms with E-state index >= 15 is 0 Å². The van der Waals surface area contributed by atoms with Gasteiger partial charge >= 0.3 is 5.97 Å². The molecule has 19 heavy (non-hydrogen) atoms. The van der Waals surface area contributed by atoms with Crippen molar-refractivity contribution in [2.75, 3.05) is 18.1 Å². The van der Waals surface area contributed by atoms with Crippen molar-refractivity contribution in [3.8, 4) is 0 Å². The lowest BCUT2D eigenvalue weighted by atomic mass is 9.79. The van der Waals surface area contributed by atoms with Crippen LogP contribution in [0.15, 0.2) is 0 Å². The summed E-state index contributed by atoms with van der Waals surface area (Å²) in [4.78, 5) is 11.2. The molecule has 0 aromatic heterocycles. The molecule has 0 amide bonds. The van der Waals surface area contributed by atoms with Gasteiger partial charge in [0.25, 0.3) is 0 Å².